The number of H-pyrrole nitrogens is 1. The number of rotatable bonds is 4. The molecule has 130 valence electrons. The molecular weight excluding hydrogens is 320 g/mol. The van der Waals surface area contributed by atoms with Gasteiger partial charge in [0.1, 0.15) is 0 Å². The van der Waals surface area contributed by atoms with Crippen LogP contribution in [0.1, 0.15) is 29.6 Å². The number of esters is 1. The van der Waals surface area contributed by atoms with Gasteiger partial charge in [0, 0.05) is 24.0 Å². The first-order chi connectivity index (χ1) is 12.2. The van der Waals surface area contributed by atoms with Gasteiger partial charge in [-0.3, -0.25) is 19.7 Å². The van der Waals surface area contributed by atoms with Gasteiger partial charge < -0.3 is 10.1 Å². The number of aromatic amines is 1. The number of ether oxygens (including phenoxy) is 1. The van der Waals surface area contributed by atoms with E-state index in [0.717, 1.165) is 24.8 Å². The fourth-order valence-corrected chi connectivity index (χ4v) is 4.19. The first-order valence-corrected chi connectivity index (χ1v) is 8.50. The molecule has 7 heteroatoms. The molecule has 1 unspecified atom stereocenters. The van der Waals surface area contributed by atoms with E-state index in [1.54, 1.807) is 18.6 Å². The molecule has 7 nitrogen and oxygen atoms in total. The first kappa shape index (κ1) is 15.8. The van der Waals surface area contributed by atoms with Gasteiger partial charge in [-0.15, -0.1) is 0 Å². The zero-order valence-electron chi connectivity index (χ0n) is 13.9. The van der Waals surface area contributed by atoms with Crippen LogP contribution in [-0.4, -0.2) is 40.2 Å². The highest BCUT2D eigenvalue weighted by molar-refractivity contribution is 5.99. The zero-order valence-corrected chi connectivity index (χ0v) is 13.9. The summed E-state index contributed by atoms with van der Waals surface area (Å²) in [5.74, 6) is 0.575. The van der Waals surface area contributed by atoms with Crippen molar-refractivity contribution in [2.24, 2.45) is 17.8 Å². The van der Waals surface area contributed by atoms with E-state index < -0.39 is 0 Å². The van der Waals surface area contributed by atoms with Crippen LogP contribution in [0.25, 0.3) is 11.3 Å². The van der Waals surface area contributed by atoms with Crippen molar-refractivity contribution in [1.29, 1.82) is 0 Å². The van der Waals surface area contributed by atoms with Gasteiger partial charge in [0.25, 0.3) is 5.91 Å². The summed E-state index contributed by atoms with van der Waals surface area (Å²) < 4.78 is 4.85. The third-order valence-electron chi connectivity index (χ3n) is 5.51. The normalized spacial score (nSPS) is 27.2. The Hall–Kier alpha value is -2.70. The zero-order chi connectivity index (χ0) is 17.4. The molecule has 2 aliphatic rings. The van der Waals surface area contributed by atoms with Crippen LogP contribution in [0, 0.1) is 17.8 Å². The molecule has 4 rings (SSSR count). The van der Waals surface area contributed by atoms with Gasteiger partial charge in [0.2, 0.25) is 0 Å². The van der Waals surface area contributed by atoms with Crippen molar-refractivity contribution in [3.05, 3.63) is 36.3 Å². The highest BCUT2D eigenvalue weighted by Gasteiger charge is 2.50. The second-order valence-electron chi connectivity index (χ2n) is 6.83. The number of amides is 1. The number of hydrogen-bond acceptors (Lipinski definition) is 5. The van der Waals surface area contributed by atoms with Crippen molar-refractivity contribution in [1.82, 2.24) is 20.5 Å². The van der Waals surface area contributed by atoms with Crippen LogP contribution in [0.4, 0.5) is 0 Å². The maximum atomic E-state index is 12.7. The second kappa shape index (κ2) is 6.31. The highest BCUT2D eigenvalue weighted by atomic mass is 16.5. The minimum Gasteiger partial charge on any atom is -0.469 e. The molecule has 0 spiro atoms. The third-order valence-corrected chi connectivity index (χ3v) is 5.51. The Balaban J connectivity index is 1.43. The summed E-state index contributed by atoms with van der Waals surface area (Å²) in [4.78, 5) is 28.5. The molecule has 0 saturated heterocycles. The summed E-state index contributed by atoms with van der Waals surface area (Å²) in [6.45, 7) is 0. The number of hydrogen-bond donors (Lipinski definition) is 2. The van der Waals surface area contributed by atoms with Gasteiger partial charge in [-0.25, -0.2) is 0 Å². The maximum absolute atomic E-state index is 12.7. The number of aromatic nitrogens is 3. The van der Waals surface area contributed by atoms with Crippen molar-refractivity contribution in [2.75, 3.05) is 7.11 Å². The van der Waals surface area contributed by atoms with E-state index in [-0.39, 0.29) is 23.8 Å². The van der Waals surface area contributed by atoms with Gasteiger partial charge in [0.05, 0.1) is 30.5 Å². The van der Waals surface area contributed by atoms with Crippen molar-refractivity contribution in [2.45, 2.75) is 25.3 Å². The number of carbonyl (C=O) groups excluding carboxylic acids is 2. The predicted molar refractivity (Wildman–Crippen MR) is 89.4 cm³/mol. The standard InChI is InChI=1S/C18H20N4O3/c1-25-18(24)12-5-11-7-15(13(11)6-12)21-17(23)14-9-20-22-16(14)10-3-2-4-19-8-10/h2-4,8-9,11-13,15H,5-7H2,1H3,(H,20,22)(H,21,23)/t11-,12?,13-,15-/m1/s1. The molecule has 2 aliphatic carbocycles. The number of carbonyl (C=O) groups is 2. The molecule has 4 atom stereocenters. The van der Waals surface area contributed by atoms with E-state index in [1.807, 2.05) is 12.1 Å². The van der Waals surface area contributed by atoms with E-state index in [2.05, 4.69) is 20.5 Å². The monoisotopic (exact) mass is 340 g/mol. The molecule has 0 aliphatic heterocycles. The second-order valence-corrected chi connectivity index (χ2v) is 6.83. The molecular formula is C18H20N4O3. The Kier molecular flexibility index (Phi) is 3.99. The first-order valence-electron chi connectivity index (χ1n) is 8.50. The van der Waals surface area contributed by atoms with Crippen molar-refractivity contribution < 1.29 is 14.3 Å². The lowest BCUT2D eigenvalue weighted by Gasteiger charge is -2.40. The Labute approximate surface area is 145 Å². The van der Waals surface area contributed by atoms with Crippen molar-refractivity contribution >= 4 is 11.9 Å². The van der Waals surface area contributed by atoms with Gasteiger partial charge in [0.15, 0.2) is 0 Å². The molecule has 0 aromatic carbocycles. The number of nitrogens with zero attached hydrogens (tertiary/aromatic N) is 2. The molecule has 2 fully saturated rings. The quantitative estimate of drug-likeness (QED) is 0.827. The molecule has 1 amide bonds. The lowest BCUT2D eigenvalue weighted by atomic mass is 9.71. The lowest BCUT2D eigenvalue weighted by Crippen LogP contribution is -2.50. The number of nitrogens with one attached hydrogen (secondary N) is 2. The molecule has 0 bridgehead atoms. The Morgan fingerprint density at radius 3 is 2.92 bits per heavy atom. The molecule has 25 heavy (non-hydrogen) atoms. The van der Waals surface area contributed by atoms with Crippen LogP contribution in [-0.2, 0) is 9.53 Å². The number of pyridine rings is 1. The third kappa shape index (κ3) is 2.79. The fourth-order valence-electron chi connectivity index (χ4n) is 4.19. The fraction of sp³-hybridized carbons (Fsp3) is 0.444. The van der Waals surface area contributed by atoms with Crippen LogP contribution < -0.4 is 5.32 Å². The SMILES string of the molecule is COC(=O)C1C[C@@H]2C[C@@H](NC(=O)c3cn[nH]c3-c3cccnc3)[C@@H]2C1. The Morgan fingerprint density at radius 2 is 2.16 bits per heavy atom. The highest BCUT2D eigenvalue weighted by Crippen LogP contribution is 2.50. The van der Waals surface area contributed by atoms with Gasteiger partial charge in [-0.05, 0) is 43.2 Å². The summed E-state index contributed by atoms with van der Waals surface area (Å²) in [6, 6.07) is 3.82. The number of fused-ring (bicyclic) bond motifs is 1. The van der Waals surface area contributed by atoms with Gasteiger partial charge >= 0.3 is 5.97 Å². The summed E-state index contributed by atoms with van der Waals surface area (Å²) >= 11 is 0. The lowest BCUT2D eigenvalue weighted by molar-refractivity contribution is -0.145. The van der Waals surface area contributed by atoms with Gasteiger partial charge in [-0.1, -0.05) is 0 Å². The van der Waals surface area contributed by atoms with Crippen LogP contribution in [0.3, 0.4) is 0 Å². The van der Waals surface area contributed by atoms with E-state index in [1.165, 1.54) is 7.11 Å². The van der Waals surface area contributed by atoms with Gasteiger partial charge in [-0.2, -0.15) is 5.10 Å². The maximum Gasteiger partial charge on any atom is 0.308 e. The minimum absolute atomic E-state index is 0.0261. The average Bonchev–Trinajstić information content (AvgIpc) is 3.25. The summed E-state index contributed by atoms with van der Waals surface area (Å²) in [6.07, 6.45) is 7.51. The molecule has 0 radical (unpaired) electrons. The largest absolute Gasteiger partial charge is 0.469 e. The van der Waals surface area contributed by atoms with E-state index in [0.29, 0.717) is 23.1 Å². The topological polar surface area (TPSA) is 97.0 Å². The summed E-state index contributed by atoms with van der Waals surface area (Å²) in [7, 11) is 1.43. The molecule has 2 N–H and O–H groups in total. The van der Waals surface area contributed by atoms with Crippen LogP contribution in [0.2, 0.25) is 0 Å². The van der Waals surface area contributed by atoms with Crippen LogP contribution in [0.5, 0.6) is 0 Å². The van der Waals surface area contributed by atoms with Crippen molar-refractivity contribution in [3.8, 4) is 11.3 Å². The predicted octanol–water partition coefficient (Wildman–Crippen LogP) is 1.79. The Bertz CT molecular complexity index is 789. The summed E-state index contributed by atoms with van der Waals surface area (Å²) in [5, 5.41) is 9.99. The molecule has 2 saturated carbocycles. The summed E-state index contributed by atoms with van der Waals surface area (Å²) in [5.41, 5.74) is 2.00. The van der Waals surface area contributed by atoms with E-state index >= 15 is 0 Å². The van der Waals surface area contributed by atoms with Crippen LogP contribution in [0.15, 0.2) is 30.7 Å². The van der Waals surface area contributed by atoms with E-state index in [4.69, 9.17) is 4.74 Å². The average molecular weight is 340 g/mol. The van der Waals surface area contributed by atoms with E-state index in [9.17, 15) is 9.59 Å². The van der Waals surface area contributed by atoms with Crippen LogP contribution >= 0.6 is 0 Å². The minimum atomic E-state index is -0.141. The van der Waals surface area contributed by atoms with Crippen molar-refractivity contribution in [3.63, 3.8) is 0 Å². The molecule has 2 aromatic rings. The Morgan fingerprint density at radius 1 is 1.28 bits per heavy atom. The molecule has 2 aromatic heterocycles. The molecule has 2 heterocycles. The smallest absolute Gasteiger partial charge is 0.308 e. The number of methoxy groups -OCH3 is 1.